The molecule has 6 nitrogen and oxygen atoms in total. The number of likely N-dealkylation sites (tertiary alicyclic amines) is 1. The van der Waals surface area contributed by atoms with E-state index in [1.807, 2.05) is 16.8 Å². The fraction of sp³-hybridized carbons (Fsp3) is 0.522. The zero-order valence-electron chi connectivity index (χ0n) is 17.7. The van der Waals surface area contributed by atoms with Crippen LogP contribution in [0.2, 0.25) is 0 Å². The average Bonchev–Trinajstić information content (AvgIpc) is 3.38. The molecule has 1 N–H and O–H groups in total. The average molecular weight is 400 g/mol. The SMILES string of the molecule is [B]c1cnn2c(NCc3cccnc3)cc(C3CCN(C4CCCC4C)CC3)nc12. The van der Waals surface area contributed by atoms with Crippen LogP contribution in [0.1, 0.15) is 56.2 Å². The number of pyridine rings is 1. The molecule has 1 saturated heterocycles. The van der Waals surface area contributed by atoms with Gasteiger partial charge in [-0.15, -0.1) is 0 Å². The predicted octanol–water partition coefficient (Wildman–Crippen LogP) is 2.90. The molecule has 154 valence electrons. The molecule has 0 aromatic carbocycles. The molecule has 1 aliphatic carbocycles. The lowest BCUT2D eigenvalue weighted by Gasteiger charge is -2.37. The van der Waals surface area contributed by atoms with Crippen LogP contribution in [0, 0.1) is 5.92 Å². The maximum atomic E-state index is 6.18. The largest absolute Gasteiger partial charge is 0.366 e. The van der Waals surface area contributed by atoms with E-state index in [1.54, 1.807) is 12.4 Å². The highest BCUT2D eigenvalue weighted by Crippen LogP contribution is 2.35. The van der Waals surface area contributed by atoms with Crippen molar-refractivity contribution < 1.29 is 0 Å². The number of piperidine rings is 1. The van der Waals surface area contributed by atoms with Crippen molar-refractivity contribution in [2.45, 2.75) is 57.5 Å². The summed E-state index contributed by atoms with van der Waals surface area (Å²) in [5, 5.41) is 7.94. The molecule has 3 aromatic rings. The molecular formula is C23H29BN6. The second-order valence-electron chi connectivity index (χ2n) is 8.90. The number of aromatic nitrogens is 4. The fourth-order valence-corrected chi connectivity index (χ4v) is 5.22. The Hall–Kier alpha value is -2.41. The highest BCUT2D eigenvalue weighted by molar-refractivity contribution is 6.36. The summed E-state index contributed by atoms with van der Waals surface area (Å²) in [6, 6.07) is 6.96. The number of hydrogen-bond acceptors (Lipinski definition) is 5. The fourth-order valence-electron chi connectivity index (χ4n) is 5.22. The number of hydrogen-bond donors (Lipinski definition) is 1. The minimum Gasteiger partial charge on any atom is -0.366 e. The highest BCUT2D eigenvalue weighted by atomic mass is 15.3. The van der Waals surface area contributed by atoms with Gasteiger partial charge >= 0.3 is 0 Å². The molecule has 1 saturated carbocycles. The van der Waals surface area contributed by atoms with Crippen LogP contribution in [0.3, 0.4) is 0 Å². The van der Waals surface area contributed by atoms with Crippen LogP contribution in [0.15, 0.2) is 36.8 Å². The summed E-state index contributed by atoms with van der Waals surface area (Å²) in [6.45, 7) is 5.44. The molecule has 0 bridgehead atoms. The molecule has 5 rings (SSSR count). The van der Waals surface area contributed by atoms with E-state index in [9.17, 15) is 0 Å². The lowest BCUT2D eigenvalue weighted by Crippen LogP contribution is -2.42. The van der Waals surface area contributed by atoms with Crippen molar-refractivity contribution in [3.63, 3.8) is 0 Å². The van der Waals surface area contributed by atoms with Gasteiger partial charge in [0.25, 0.3) is 0 Å². The van der Waals surface area contributed by atoms with E-state index in [-0.39, 0.29) is 0 Å². The van der Waals surface area contributed by atoms with Crippen molar-refractivity contribution in [3.05, 3.63) is 48.0 Å². The summed E-state index contributed by atoms with van der Waals surface area (Å²) >= 11 is 0. The second kappa shape index (κ2) is 8.38. The van der Waals surface area contributed by atoms with E-state index in [0.29, 0.717) is 17.9 Å². The quantitative estimate of drug-likeness (QED) is 0.668. The first-order valence-corrected chi connectivity index (χ1v) is 11.2. The van der Waals surface area contributed by atoms with Gasteiger partial charge in [-0.25, -0.2) is 4.98 Å². The third kappa shape index (κ3) is 3.83. The van der Waals surface area contributed by atoms with Gasteiger partial charge in [0.05, 0.1) is 0 Å². The molecule has 2 radical (unpaired) electrons. The number of nitrogens with zero attached hydrogens (tertiary/aromatic N) is 5. The van der Waals surface area contributed by atoms with Crippen LogP contribution < -0.4 is 10.8 Å². The Bertz CT molecular complexity index is 996. The van der Waals surface area contributed by atoms with Crippen molar-refractivity contribution >= 4 is 24.8 Å². The molecule has 1 aliphatic heterocycles. The van der Waals surface area contributed by atoms with E-state index in [1.165, 1.54) is 32.4 Å². The second-order valence-corrected chi connectivity index (χ2v) is 8.90. The third-order valence-electron chi connectivity index (χ3n) is 6.95. The normalized spacial score (nSPS) is 23.2. The van der Waals surface area contributed by atoms with Gasteiger partial charge in [-0.3, -0.25) is 4.98 Å². The van der Waals surface area contributed by atoms with Gasteiger partial charge in [-0.2, -0.15) is 9.61 Å². The summed E-state index contributed by atoms with van der Waals surface area (Å²) in [5.74, 6) is 2.24. The molecule has 30 heavy (non-hydrogen) atoms. The van der Waals surface area contributed by atoms with E-state index < -0.39 is 0 Å². The zero-order valence-corrected chi connectivity index (χ0v) is 17.7. The predicted molar refractivity (Wildman–Crippen MR) is 120 cm³/mol. The molecule has 0 amide bonds. The maximum absolute atomic E-state index is 6.18. The Morgan fingerprint density at radius 3 is 2.77 bits per heavy atom. The number of anilines is 1. The van der Waals surface area contributed by atoms with Gasteiger partial charge < -0.3 is 10.2 Å². The molecule has 2 atom stereocenters. The minimum atomic E-state index is 0.469. The molecule has 3 aromatic heterocycles. The third-order valence-corrected chi connectivity index (χ3v) is 6.95. The number of rotatable bonds is 5. The molecule has 2 aliphatic rings. The van der Waals surface area contributed by atoms with Gasteiger partial charge in [0, 0.05) is 48.9 Å². The van der Waals surface area contributed by atoms with Gasteiger partial charge in [0.2, 0.25) is 0 Å². The Morgan fingerprint density at radius 2 is 2.03 bits per heavy atom. The summed E-state index contributed by atoms with van der Waals surface area (Å²) in [7, 11) is 6.18. The van der Waals surface area contributed by atoms with Crippen molar-refractivity contribution in [3.8, 4) is 0 Å². The smallest absolute Gasteiger partial charge is 0.150 e. The van der Waals surface area contributed by atoms with E-state index in [4.69, 9.17) is 12.8 Å². The first kappa shape index (κ1) is 19.6. The molecule has 4 heterocycles. The van der Waals surface area contributed by atoms with Crippen LogP contribution in [0.4, 0.5) is 5.82 Å². The first-order valence-electron chi connectivity index (χ1n) is 11.2. The van der Waals surface area contributed by atoms with Crippen LogP contribution in [-0.4, -0.2) is 51.5 Å². The van der Waals surface area contributed by atoms with Gasteiger partial charge in [-0.1, -0.05) is 19.4 Å². The Kier molecular flexibility index (Phi) is 5.46. The van der Waals surface area contributed by atoms with Gasteiger partial charge in [0.15, 0.2) is 0 Å². The lowest BCUT2D eigenvalue weighted by atomic mass is 9.91. The lowest BCUT2D eigenvalue weighted by molar-refractivity contribution is 0.128. The van der Waals surface area contributed by atoms with Crippen molar-refractivity contribution in [1.82, 2.24) is 24.5 Å². The summed E-state index contributed by atoms with van der Waals surface area (Å²) in [5.41, 5.74) is 3.62. The van der Waals surface area contributed by atoms with Crippen molar-refractivity contribution in [2.75, 3.05) is 18.4 Å². The van der Waals surface area contributed by atoms with Gasteiger partial charge in [-0.05, 0) is 61.8 Å². The Balaban J connectivity index is 1.35. The molecule has 7 heteroatoms. The van der Waals surface area contributed by atoms with E-state index in [0.717, 1.165) is 47.5 Å². The van der Waals surface area contributed by atoms with Crippen molar-refractivity contribution in [2.24, 2.45) is 5.92 Å². The van der Waals surface area contributed by atoms with Crippen LogP contribution in [0.25, 0.3) is 5.65 Å². The standard InChI is InChI=1S/C23H29BN6/c1-16-4-2-6-21(16)29-10-7-18(8-11-29)20-12-22(26-14-17-5-3-9-25-13-17)30-23(28-20)19(24)15-27-30/h3,5,9,12-13,15-16,18,21,26H,2,4,6-8,10-11,14H2,1H3. The Morgan fingerprint density at radius 1 is 1.17 bits per heavy atom. The molecule has 2 unspecified atom stereocenters. The molecular weight excluding hydrogens is 371 g/mol. The first-order chi connectivity index (χ1) is 14.7. The minimum absolute atomic E-state index is 0.469. The highest BCUT2D eigenvalue weighted by Gasteiger charge is 2.32. The number of nitrogens with one attached hydrogen (secondary N) is 1. The van der Waals surface area contributed by atoms with Crippen LogP contribution in [-0.2, 0) is 6.54 Å². The van der Waals surface area contributed by atoms with Crippen LogP contribution in [0.5, 0.6) is 0 Å². The molecule has 0 spiro atoms. The summed E-state index contributed by atoms with van der Waals surface area (Å²) < 4.78 is 1.81. The van der Waals surface area contributed by atoms with E-state index in [2.05, 4.69) is 39.4 Å². The van der Waals surface area contributed by atoms with Crippen molar-refractivity contribution in [1.29, 1.82) is 0 Å². The number of fused-ring (bicyclic) bond motifs is 1. The summed E-state index contributed by atoms with van der Waals surface area (Å²) in [4.78, 5) is 11.8. The Labute approximate surface area is 179 Å². The molecule has 2 fully saturated rings. The van der Waals surface area contributed by atoms with E-state index >= 15 is 0 Å². The topological polar surface area (TPSA) is 58.4 Å². The van der Waals surface area contributed by atoms with Crippen LogP contribution >= 0.6 is 0 Å². The maximum Gasteiger partial charge on any atom is 0.150 e. The van der Waals surface area contributed by atoms with Gasteiger partial charge in [0.1, 0.15) is 19.3 Å². The monoisotopic (exact) mass is 400 g/mol. The zero-order chi connectivity index (χ0) is 20.5. The summed E-state index contributed by atoms with van der Waals surface area (Å²) in [6.07, 6.45) is 11.8.